The average molecular weight is 250 g/mol. The molecule has 0 spiro atoms. The molecule has 2 unspecified atom stereocenters. The Balaban J connectivity index is 1.88. The molecule has 0 aliphatic carbocycles. The summed E-state index contributed by atoms with van der Waals surface area (Å²) in [6.45, 7) is 4.06. The zero-order chi connectivity index (χ0) is 13.2. The number of ether oxygens (including phenoxy) is 2. The molecule has 0 saturated heterocycles. The summed E-state index contributed by atoms with van der Waals surface area (Å²) >= 11 is 0. The Morgan fingerprint density at radius 2 is 2.17 bits per heavy atom. The number of benzene rings is 1. The van der Waals surface area contributed by atoms with Gasteiger partial charge in [0.1, 0.15) is 11.9 Å². The molecule has 3 nitrogen and oxygen atoms in total. The van der Waals surface area contributed by atoms with E-state index in [4.69, 9.17) is 9.47 Å². The van der Waals surface area contributed by atoms with Crippen molar-refractivity contribution in [3.05, 3.63) is 29.8 Å². The van der Waals surface area contributed by atoms with Crippen molar-refractivity contribution < 1.29 is 14.6 Å². The SMILES string of the molecule is COC(C)(C)CCC(O)C1Cc2ccccc2O1. The molecule has 0 saturated carbocycles. The lowest BCUT2D eigenvalue weighted by Crippen LogP contribution is -2.33. The van der Waals surface area contributed by atoms with Crippen molar-refractivity contribution in [1.29, 1.82) is 0 Å². The Morgan fingerprint density at radius 3 is 2.83 bits per heavy atom. The molecule has 18 heavy (non-hydrogen) atoms. The number of hydrogen-bond donors (Lipinski definition) is 1. The van der Waals surface area contributed by atoms with E-state index in [1.54, 1.807) is 7.11 Å². The van der Waals surface area contributed by atoms with Gasteiger partial charge in [0.25, 0.3) is 0 Å². The van der Waals surface area contributed by atoms with E-state index in [0.29, 0.717) is 6.42 Å². The molecule has 0 fully saturated rings. The first-order chi connectivity index (χ1) is 8.52. The Morgan fingerprint density at radius 1 is 1.44 bits per heavy atom. The fourth-order valence-corrected chi connectivity index (χ4v) is 2.21. The smallest absolute Gasteiger partial charge is 0.129 e. The largest absolute Gasteiger partial charge is 0.487 e. The van der Waals surface area contributed by atoms with Gasteiger partial charge in [-0.25, -0.2) is 0 Å². The number of methoxy groups -OCH3 is 1. The van der Waals surface area contributed by atoms with E-state index >= 15 is 0 Å². The molecule has 0 bridgehead atoms. The Hall–Kier alpha value is -1.06. The van der Waals surface area contributed by atoms with E-state index in [1.165, 1.54) is 5.56 Å². The van der Waals surface area contributed by atoms with Crippen molar-refractivity contribution in [2.45, 2.75) is 50.9 Å². The number of rotatable bonds is 5. The maximum atomic E-state index is 10.2. The molecule has 1 heterocycles. The van der Waals surface area contributed by atoms with Crippen LogP contribution in [0.5, 0.6) is 5.75 Å². The van der Waals surface area contributed by atoms with Gasteiger partial charge in [0.2, 0.25) is 0 Å². The Kier molecular flexibility index (Phi) is 3.93. The first-order valence-corrected chi connectivity index (χ1v) is 6.49. The number of aliphatic hydroxyl groups excluding tert-OH is 1. The average Bonchev–Trinajstić information content (AvgIpc) is 2.80. The molecule has 1 N–H and O–H groups in total. The van der Waals surface area contributed by atoms with Gasteiger partial charge in [-0.3, -0.25) is 0 Å². The molecule has 3 heteroatoms. The highest BCUT2D eigenvalue weighted by atomic mass is 16.5. The van der Waals surface area contributed by atoms with Crippen LogP contribution in [-0.2, 0) is 11.2 Å². The van der Waals surface area contributed by atoms with Crippen molar-refractivity contribution in [1.82, 2.24) is 0 Å². The third-order valence-electron chi connectivity index (χ3n) is 3.70. The highest BCUT2D eigenvalue weighted by molar-refractivity contribution is 5.37. The normalized spacial score (nSPS) is 20.3. The molecule has 1 aromatic carbocycles. The van der Waals surface area contributed by atoms with Crippen LogP contribution in [0.15, 0.2) is 24.3 Å². The van der Waals surface area contributed by atoms with Gasteiger partial charge in [0.05, 0.1) is 11.7 Å². The molecule has 0 aromatic heterocycles. The van der Waals surface area contributed by atoms with Gasteiger partial charge in [0.15, 0.2) is 0 Å². The van der Waals surface area contributed by atoms with Crippen LogP contribution in [0.25, 0.3) is 0 Å². The zero-order valence-corrected chi connectivity index (χ0v) is 11.3. The van der Waals surface area contributed by atoms with Crippen molar-refractivity contribution in [3.8, 4) is 5.75 Å². The number of hydrogen-bond acceptors (Lipinski definition) is 3. The Labute approximate surface area is 109 Å². The summed E-state index contributed by atoms with van der Waals surface area (Å²) in [5, 5.41) is 10.2. The third kappa shape index (κ3) is 3.03. The number of para-hydroxylation sites is 1. The van der Waals surface area contributed by atoms with Crippen molar-refractivity contribution >= 4 is 0 Å². The lowest BCUT2D eigenvalue weighted by atomic mass is 9.96. The van der Waals surface area contributed by atoms with Gasteiger partial charge in [-0.1, -0.05) is 18.2 Å². The first kappa shape index (κ1) is 13.4. The molecular weight excluding hydrogens is 228 g/mol. The van der Waals surface area contributed by atoms with Gasteiger partial charge < -0.3 is 14.6 Å². The second kappa shape index (κ2) is 5.29. The summed E-state index contributed by atoms with van der Waals surface area (Å²) in [4.78, 5) is 0. The molecule has 1 aliphatic rings. The molecule has 2 atom stereocenters. The second-order valence-electron chi connectivity index (χ2n) is 5.54. The minimum Gasteiger partial charge on any atom is -0.487 e. The summed E-state index contributed by atoms with van der Waals surface area (Å²) in [6, 6.07) is 7.98. The van der Waals surface area contributed by atoms with E-state index in [1.807, 2.05) is 32.0 Å². The third-order valence-corrected chi connectivity index (χ3v) is 3.70. The van der Waals surface area contributed by atoms with Gasteiger partial charge >= 0.3 is 0 Å². The van der Waals surface area contributed by atoms with Crippen molar-refractivity contribution in [2.24, 2.45) is 0 Å². The highest BCUT2D eigenvalue weighted by Gasteiger charge is 2.30. The standard InChI is InChI=1S/C15H22O3/c1-15(2,17-3)9-8-12(16)14-10-11-6-4-5-7-13(11)18-14/h4-7,12,14,16H,8-10H2,1-3H3. The van der Waals surface area contributed by atoms with Gasteiger partial charge in [-0.15, -0.1) is 0 Å². The monoisotopic (exact) mass is 250 g/mol. The van der Waals surface area contributed by atoms with Crippen LogP contribution in [0.3, 0.4) is 0 Å². The van der Waals surface area contributed by atoms with Crippen molar-refractivity contribution in [3.63, 3.8) is 0 Å². The molecule has 0 amide bonds. The second-order valence-corrected chi connectivity index (χ2v) is 5.54. The van der Waals surface area contributed by atoms with E-state index in [9.17, 15) is 5.11 Å². The number of aliphatic hydroxyl groups is 1. The lowest BCUT2D eigenvalue weighted by Gasteiger charge is -2.25. The van der Waals surface area contributed by atoms with Crippen molar-refractivity contribution in [2.75, 3.05) is 7.11 Å². The summed E-state index contributed by atoms with van der Waals surface area (Å²) in [7, 11) is 1.70. The van der Waals surface area contributed by atoms with Crippen LogP contribution < -0.4 is 4.74 Å². The summed E-state index contributed by atoms with van der Waals surface area (Å²) < 4.78 is 11.1. The minimum atomic E-state index is -0.438. The van der Waals surface area contributed by atoms with Gasteiger partial charge in [0, 0.05) is 13.5 Å². The fourth-order valence-electron chi connectivity index (χ4n) is 2.21. The maximum Gasteiger partial charge on any atom is 0.129 e. The minimum absolute atomic E-state index is 0.116. The predicted octanol–water partition coefficient (Wildman–Crippen LogP) is 2.56. The summed E-state index contributed by atoms with van der Waals surface area (Å²) in [5.41, 5.74) is 0.999. The predicted molar refractivity (Wildman–Crippen MR) is 70.9 cm³/mol. The lowest BCUT2D eigenvalue weighted by molar-refractivity contribution is -0.0134. The van der Waals surface area contributed by atoms with Crippen LogP contribution in [-0.4, -0.2) is 30.0 Å². The molecule has 100 valence electrons. The Bertz CT molecular complexity index is 375. The highest BCUT2D eigenvalue weighted by Crippen LogP contribution is 2.31. The van der Waals surface area contributed by atoms with Crippen LogP contribution >= 0.6 is 0 Å². The van der Waals surface area contributed by atoms with E-state index in [-0.39, 0.29) is 11.7 Å². The van der Waals surface area contributed by atoms with E-state index < -0.39 is 6.10 Å². The van der Waals surface area contributed by atoms with Crippen LogP contribution in [0, 0.1) is 0 Å². The number of fused-ring (bicyclic) bond motifs is 1. The van der Waals surface area contributed by atoms with Gasteiger partial charge in [-0.2, -0.15) is 0 Å². The first-order valence-electron chi connectivity index (χ1n) is 6.49. The van der Waals surface area contributed by atoms with Gasteiger partial charge in [-0.05, 0) is 38.3 Å². The quantitative estimate of drug-likeness (QED) is 0.873. The van der Waals surface area contributed by atoms with Crippen LogP contribution in [0.1, 0.15) is 32.3 Å². The molecule has 1 aromatic rings. The van der Waals surface area contributed by atoms with E-state index in [2.05, 4.69) is 6.07 Å². The van der Waals surface area contributed by atoms with Crippen LogP contribution in [0.2, 0.25) is 0 Å². The molecule has 2 rings (SSSR count). The molecular formula is C15H22O3. The maximum absolute atomic E-state index is 10.2. The van der Waals surface area contributed by atoms with Crippen LogP contribution in [0.4, 0.5) is 0 Å². The molecule has 0 radical (unpaired) electrons. The topological polar surface area (TPSA) is 38.7 Å². The summed E-state index contributed by atoms with van der Waals surface area (Å²) in [5.74, 6) is 0.910. The summed E-state index contributed by atoms with van der Waals surface area (Å²) in [6.07, 6.45) is 1.76. The molecule has 1 aliphatic heterocycles. The van der Waals surface area contributed by atoms with E-state index in [0.717, 1.165) is 18.6 Å². The zero-order valence-electron chi connectivity index (χ0n) is 11.3. The fraction of sp³-hybridized carbons (Fsp3) is 0.600.